The summed E-state index contributed by atoms with van der Waals surface area (Å²) in [4.78, 5) is 31.9. The van der Waals surface area contributed by atoms with Crippen molar-refractivity contribution in [1.82, 2.24) is 20.0 Å². The molecule has 0 aliphatic carbocycles. The van der Waals surface area contributed by atoms with E-state index in [9.17, 15) is 9.59 Å². The van der Waals surface area contributed by atoms with Crippen LogP contribution in [-0.4, -0.2) is 84.9 Å². The number of carbonyl (C=O) groups excluding carboxylic acids is 2. The predicted molar refractivity (Wildman–Crippen MR) is 136 cm³/mol. The summed E-state index contributed by atoms with van der Waals surface area (Å²) in [6.45, 7) is 10.9. The zero-order valence-electron chi connectivity index (χ0n) is 20.4. The van der Waals surface area contributed by atoms with Crippen LogP contribution in [0.1, 0.15) is 23.1 Å². The normalized spacial score (nSPS) is 19.8. The van der Waals surface area contributed by atoms with E-state index in [1.807, 2.05) is 38.1 Å². The molecule has 182 valence electrons. The van der Waals surface area contributed by atoms with Gasteiger partial charge in [-0.05, 0) is 43.0 Å². The molecule has 4 rings (SSSR count). The summed E-state index contributed by atoms with van der Waals surface area (Å²) < 4.78 is 0. The van der Waals surface area contributed by atoms with Gasteiger partial charge in [0, 0.05) is 57.5 Å². The summed E-state index contributed by atoms with van der Waals surface area (Å²) in [6.07, 6.45) is 1.00. The number of piperazine rings is 1. The van der Waals surface area contributed by atoms with Gasteiger partial charge in [0.25, 0.3) is 0 Å². The molecule has 7 nitrogen and oxygen atoms in total. The molecule has 0 bridgehead atoms. The highest BCUT2D eigenvalue weighted by Gasteiger charge is 2.26. The number of anilines is 1. The van der Waals surface area contributed by atoms with Gasteiger partial charge in [-0.3, -0.25) is 24.3 Å². The number of carbonyl (C=O) groups is 2. The van der Waals surface area contributed by atoms with Crippen molar-refractivity contribution in [3.63, 3.8) is 0 Å². The summed E-state index contributed by atoms with van der Waals surface area (Å²) in [5.74, 6) is 0.119. The van der Waals surface area contributed by atoms with Gasteiger partial charge in [-0.25, -0.2) is 0 Å². The highest BCUT2D eigenvalue weighted by atomic mass is 16.2. The summed E-state index contributed by atoms with van der Waals surface area (Å²) in [7, 11) is 0. The molecule has 2 aliphatic heterocycles. The molecular formula is C27H37N5O2. The lowest BCUT2D eigenvalue weighted by atomic mass is 10.1. The Hall–Kier alpha value is -2.74. The van der Waals surface area contributed by atoms with Crippen molar-refractivity contribution in [2.24, 2.45) is 0 Å². The van der Waals surface area contributed by atoms with E-state index in [1.165, 1.54) is 11.1 Å². The average molecular weight is 464 g/mol. The molecule has 2 fully saturated rings. The van der Waals surface area contributed by atoms with Gasteiger partial charge in [0.15, 0.2) is 0 Å². The van der Waals surface area contributed by atoms with Crippen LogP contribution in [0.5, 0.6) is 0 Å². The quantitative estimate of drug-likeness (QED) is 0.629. The second-order valence-electron chi connectivity index (χ2n) is 9.62. The second-order valence-corrected chi connectivity index (χ2v) is 9.62. The molecule has 2 saturated heterocycles. The molecule has 0 aromatic heterocycles. The highest BCUT2D eigenvalue weighted by Crippen LogP contribution is 2.18. The number of aryl methyl sites for hydroxylation is 1. The maximum absolute atomic E-state index is 12.6. The minimum atomic E-state index is 0.0150. The van der Waals surface area contributed by atoms with Crippen LogP contribution in [0.15, 0.2) is 48.5 Å². The number of nitrogens with one attached hydrogen (secondary N) is 2. The topological polar surface area (TPSA) is 67.9 Å². The number of rotatable bonds is 8. The van der Waals surface area contributed by atoms with Crippen LogP contribution < -0.4 is 10.6 Å². The molecule has 2 amide bonds. The van der Waals surface area contributed by atoms with E-state index in [0.717, 1.165) is 63.5 Å². The number of nitrogens with zero attached hydrogens (tertiary/aromatic N) is 3. The fourth-order valence-electron chi connectivity index (χ4n) is 4.80. The highest BCUT2D eigenvalue weighted by molar-refractivity contribution is 5.93. The lowest BCUT2D eigenvalue weighted by molar-refractivity contribution is -0.124. The molecule has 2 aromatic rings. The largest absolute Gasteiger partial charge is 0.351 e. The van der Waals surface area contributed by atoms with Gasteiger partial charge in [-0.1, -0.05) is 42.5 Å². The smallest absolute Gasteiger partial charge is 0.238 e. The maximum Gasteiger partial charge on any atom is 0.238 e. The van der Waals surface area contributed by atoms with E-state index >= 15 is 0 Å². The molecule has 0 radical (unpaired) electrons. The van der Waals surface area contributed by atoms with Gasteiger partial charge in [0.1, 0.15) is 0 Å². The first-order valence-corrected chi connectivity index (χ1v) is 12.3. The third-order valence-electron chi connectivity index (χ3n) is 6.96. The van der Waals surface area contributed by atoms with Gasteiger partial charge in [-0.2, -0.15) is 0 Å². The summed E-state index contributed by atoms with van der Waals surface area (Å²) >= 11 is 0. The van der Waals surface area contributed by atoms with Crippen LogP contribution >= 0.6 is 0 Å². The summed E-state index contributed by atoms with van der Waals surface area (Å²) in [6, 6.07) is 16.7. The Bertz CT molecular complexity index is 972. The molecule has 0 unspecified atom stereocenters. The zero-order chi connectivity index (χ0) is 23.9. The van der Waals surface area contributed by atoms with Crippen LogP contribution in [0.4, 0.5) is 5.69 Å². The second kappa shape index (κ2) is 11.6. The molecule has 34 heavy (non-hydrogen) atoms. The third-order valence-corrected chi connectivity index (χ3v) is 6.96. The van der Waals surface area contributed by atoms with Gasteiger partial charge in [0.05, 0.1) is 13.1 Å². The van der Waals surface area contributed by atoms with E-state index in [2.05, 4.69) is 49.6 Å². The van der Waals surface area contributed by atoms with Crippen molar-refractivity contribution in [1.29, 1.82) is 0 Å². The standard InChI is InChI=1S/C27H37N5O2/c1-21-7-6-10-25(22(21)2)29-27(34)20-31-15-13-30(14-16-31)19-26(33)28-24-11-12-32(18-24)17-23-8-4-3-5-9-23/h3-10,24H,11-20H2,1-2H3,(H,28,33)(H,29,34)/t24-/m0/s1. The molecule has 1 atom stereocenters. The first kappa shape index (κ1) is 24.4. The van der Waals surface area contributed by atoms with Crippen LogP contribution in [0, 0.1) is 13.8 Å². The fraction of sp³-hybridized carbons (Fsp3) is 0.481. The molecular weight excluding hydrogens is 426 g/mol. The molecule has 2 heterocycles. The molecule has 7 heteroatoms. The number of hydrogen-bond donors (Lipinski definition) is 2. The lowest BCUT2D eigenvalue weighted by Crippen LogP contribution is -2.52. The van der Waals surface area contributed by atoms with E-state index in [-0.39, 0.29) is 17.9 Å². The third kappa shape index (κ3) is 6.88. The monoisotopic (exact) mass is 463 g/mol. The average Bonchev–Trinajstić information content (AvgIpc) is 3.25. The predicted octanol–water partition coefficient (Wildman–Crippen LogP) is 2.25. The van der Waals surface area contributed by atoms with Crippen LogP contribution in [0.25, 0.3) is 0 Å². The number of likely N-dealkylation sites (tertiary alicyclic amines) is 1. The minimum Gasteiger partial charge on any atom is -0.351 e. The van der Waals surface area contributed by atoms with Crippen LogP contribution in [0.3, 0.4) is 0 Å². The summed E-state index contributed by atoms with van der Waals surface area (Å²) in [5, 5.41) is 6.26. The first-order valence-electron chi connectivity index (χ1n) is 12.3. The van der Waals surface area contributed by atoms with E-state index in [0.29, 0.717) is 13.1 Å². The number of amides is 2. The van der Waals surface area contributed by atoms with E-state index in [1.54, 1.807) is 0 Å². The Morgan fingerprint density at radius 3 is 2.21 bits per heavy atom. The number of benzene rings is 2. The van der Waals surface area contributed by atoms with Crippen molar-refractivity contribution < 1.29 is 9.59 Å². The Labute approximate surface area is 203 Å². The Morgan fingerprint density at radius 2 is 1.50 bits per heavy atom. The molecule has 0 saturated carbocycles. The maximum atomic E-state index is 12.6. The Morgan fingerprint density at radius 1 is 0.824 bits per heavy atom. The summed E-state index contributed by atoms with van der Waals surface area (Å²) in [5.41, 5.74) is 4.48. The van der Waals surface area contributed by atoms with Gasteiger partial charge >= 0.3 is 0 Å². The molecule has 2 aliphatic rings. The van der Waals surface area contributed by atoms with Crippen molar-refractivity contribution in [3.05, 3.63) is 65.2 Å². The van der Waals surface area contributed by atoms with Crippen molar-refractivity contribution in [2.45, 2.75) is 32.9 Å². The van der Waals surface area contributed by atoms with Crippen LogP contribution in [-0.2, 0) is 16.1 Å². The van der Waals surface area contributed by atoms with Crippen molar-refractivity contribution in [3.8, 4) is 0 Å². The SMILES string of the molecule is Cc1cccc(NC(=O)CN2CCN(CC(=O)N[C@H]3CCN(Cc4ccccc4)C3)CC2)c1C. The zero-order valence-corrected chi connectivity index (χ0v) is 20.4. The van der Waals surface area contributed by atoms with Crippen LogP contribution in [0.2, 0.25) is 0 Å². The molecule has 2 N–H and O–H groups in total. The van der Waals surface area contributed by atoms with E-state index < -0.39 is 0 Å². The Balaban J connectivity index is 1.13. The van der Waals surface area contributed by atoms with Gasteiger partial charge in [-0.15, -0.1) is 0 Å². The van der Waals surface area contributed by atoms with Crippen molar-refractivity contribution >= 4 is 17.5 Å². The van der Waals surface area contributed by atoms with Gasteiger partial charge < -0.3 is 10.6 Å². The Kier molecular flexibility index (Phi) is 8.32. The minimum absolute atomic E-state index is 0.0150. The molecule has 2 aromatic carbocycles. The van der Waals surface area contributed by atoms with Crippen molar-refractivity contribution in [2.75, 3.05) is 57.7 Å². The first-order chi connectivity index (χ1) is 16.5. The molecule has 0 spiro atoms. The number of hydrogen-bond acceptors (Lipinski definition) is 5. The lowest BCUT2D eigenvalue weighted by Gasteiger charge is -2.34. The fourth-order valence-corrected chi connectivity index (χ4v) is 4.80. The van der Waals surface area contributed by atoms with E-state index in [4.69, 9.17) is 0 Å². The van der Waals surface area contributed by atoms with Gasteiger partial charge in [0.2, 0.25) is 11.8 Å².